The van der Waals surface area contributed by atoms with Gasteiger partial charge in [0, 0.05) is 12.3 Å². The van der Waals surface area contributed by atoms with Crippen LogP contribution in [0.25, 0.3) is 6.08 Å². The highest BCUT2D eigenvalue weighted by atomic mass is 35.5. The maximum absolute atomic E-state index is 11.2. The van der Waals surface area contributed by atoms with Gasteiger partial charge in [-0.2, -0.15) is 5.26 Å². The highest BCUT2D eigenvalue weighted by molar-refractivity contribution is 6.31. The Balaban J connectivity index is 2.96. The summed E-state index contributed by atoms with van der Waals surface area (Å²) in [6, 6.07) is 3.81. The minimum Gasteiger partial charge on any atom is -0.463 e. The zero-order valence-electron chi connectivity index (χ0n) is 11.1. The van der Waals surface area contributed by atoms with Crippen molar-refractivity contribution in [1.29, 1.82) is 5.26 Å². The number of nitriles is 1. The Bertz CT molecular complexity index is 545. The number of rotatable bonds is 4. The van der Waals surface area contributed by atoms with Crippen LogP contribution in [0.4, 0.5) is 0 Å². The molecule has 0 spiro atoms. The van der Waals surface area contributed by atoms with Gasteiger partial charge in [-0.25, -0.2) is 4.79 Å². The summed E-state index contributed by atoms with van der Waals surface area (Å²) in [5.74, 6) is -0.417. The molecule has 1 heterocycles. The molecule has 1 aromatic heterocycles. The van der Waals surface area contributed by atoms with Crippen molar-refractivity contribution in [3.8, 4) is 6.07 Å². The molecule has 0 saturated carbocycles. The molecular formula is C14H15ClN2O2. The summed E-state index contributed by atoms with van der Waals surface area (Å²) >= 11 is 6.11. The monoisotopic (exact) mass is 278 g/mol. The molecule has 0 aliphatic rings. The Labute approximate surface area is 117 Å². The van der Waals surface area contributed by atoms with Crippen LogP contribution in [0, 0.1) is 11.3 Å². The molecule has 0 unspecified atom stereocenters. The average molecular weight is 279 g/mol. The largest absolute Gasteiger partial charge is 0.463 e. The first-order valence-corrected chi connectivity index (χ1v) is 6.20. The van der Waals surface area contributed by atoms with E-state index in [1.54, 1.807) is 39.1 Å². The number of carbonyl (C=O) groups is 1. The molecule has 0 bridgehead atoms. The van der Waals surface area contributed by atoms with Gasteiger partial charge in [0.05, 0.1) is 28.8 Å². The number of hydrogen-bond donors (Lipinski definition) is 0. The third-order valence-electron chi connectivity index (χ3n) is 2.43. The number of carbonyl (C=O) groups excluding carboxylic acids is 1. The van der Waals surface area contributed by atoms with E-state index in [0.717, 1.165) is 0 Å². The molecule has 0 N–H and O–H groups in total. The second kappa shape index (κ2) is 6.35. The van der Waals surface area contributed by atoms with E-state index < -0.39 is 11.4 Å². The smallest absolute Gasteiger partial charge is 0.330 e. The van der Waals surface area contributed by atoms with Crippen LogP contribution in [0.1, 0.15) is 32.0 Å². The fourth-order valence-electron chi connectivity index (χ4n) is 1.41. The van der Waals surface area contributed by atoms with E-state index in [1.165, 1.54) is 6.08 Å². The van der Waals surface area contributed by atoms with Crippen molar-refractivity contribution in [2.75, 3.05) is 6.61 Å². The molecule has 1 aromatic rings. The summed E-state index contributed by atoms with van der Waals surface area (Å²) in [6.07, 6.45) is 4.45. The molecule has 0 amide bonds. The molecule has 0 saturated heterocycles. The lowest BCUT2D eigenvalue weighted by atomic mass is 9.90. The molecule has 5 heteroatoms. The van der Waals surface area contributed by atoms with Gasteiger partial charge in [0.1, 0.15) is 0 Å². The molecule has 0 fully saturated rings. The third-order valence-corrected chi connectivity index (χ3v) is 2.72. The SMILES string of the molecule is CCOC(=O)C=Cc1cnc(C(C)(C)C#N)c(Cl)c1. The highest BCUT2D eigenvalue weighted by Gasteiger charge is 2.24. The number of ether oxygens (including phenoxy) is 1. The summed E-state index contributed by atoms with van der Waals surface area (Å²) < 4.78 is 4.77. The van der Waals surface area contributed by atoms with Gasteiger partial charge in [-0.3, -0.25) is 4.98 Å². The Morgan fingerprint density at radius 3 is 2.84 bits per heavy atom. The molecule has 0 atom stereocenters. The predicted octanol–water partition coefficient (Wildman–Crippen LogP) is 3.11. The third kappa shape index (κ3) is 4.08. The van der Waals surface area contributed by atoms with Crippen LogP contribution in [-0.2, 0) is 14.9 Å². The number of hydrogen-bond acceptors (Lipinski definition) is 4. The summed E-state index contributed by atoms with van der Waals surface area (Å²) in [5.41, 5.74) is 0.445. The lowest BCUT2D eigenvalue weighted by molar-refractivity contribution is -0.137. The van der Waals surface area contributed by atoms with Crippen molar-refractivity contribution < 1.29 is 9.53 Å². The molecule has 1 rings (SSSR count). The zero-order chi connectivity index (χ0) is 14.5. The van der Waals surface area contributed by atoms with Crippen molar-refractivity contribution in [3.63, 3.8) is 0 Å². The van der Waals surface area contributed by atoms with Crippen molar-refractivity contribution in [2.24, 2.45) is 0 Å². The van der Waals surface area contributed by atoms with Crippen LogP contribution in [0.3, 0.4) is 0 Å². The Morgan fingerprint density at radius 1 is 1.63 bits per heavy atom. The summed E-state index contributed by atoms with van der Waals surface area (Å²) in [5, 5.41) is 9.45. The topological polar surface area (TPSA) is 63.0 Å². The molecule has 0 aliphatic carbocycles. The van der Waals surface area contributed by atoms with E-state index >= 15 is 0 Å². The standard InChI is InChI=1S/C14H15ClN2O2/c1-4-19-12(18)6-5-10-7-11(15)13(17-8-10)14(2,3)9-16/h5-8H,4H2,1-3H3. The van der Waals surface area contributed by atoms with E-state index in [2.05, 4.69) is 11.1 Å². The van der Waals surface area contributed by atoms with Crippen molar-refractivity contribution in [1.82, 2.24) is 4.98 Å². The number of halogens is 1. The van der Waals surface area contributed by atoms with Gasteiger partial charge in [0.2, 0.25) is 0 Å². The van der Waals surface area contributed by atoms with E-state index in [-0.39, 0.29) is 0 Å². The zero-order valence-corrected chi connectivity index (χ0v) is 11.9. The number of nitrogens with zero attached hydrogens (tertiary/aromatic N) is 2. The van der Waals surface area contributed by atoms with Gasteiger partial charge in [-0.1, -0.05) is 11.6 Å². The number of aromatic nitrogens is 1. The summed E-state index contributed by atoms with van der Waals surface area (Å²) in [6.45, 7) is 5.56. The maximum Gasteiger partial charge on any atom is 0.330 e. The Kier molecular flexibility index (Phi) is 5.08. The first-order chi connectivity index (χ1) is 8.90. The molecule has 19 heavy (non-hydrogen) atoms. The number of pyridine rings is 1. The quantitative estimate of drug-likeness (QED) is 0.627. The van der Waals surface area contributed by atoms with Crippen LogP contribution in [-0.4, -0.2) is 17.6 Å². The first-order valence-electron chi connectivity index (χ1n) is 5.83. The van der Waals surface area contributed by atoms with Crippen molar-refractivity contribution in [2.45, 2.75) is 26.2 Å². The molecule has 100 valence electrons. The van der Waals surface area contributed by atoms with E-state index in [9.17, 15) is 4.79 Å². The van der Waals surface area contributed by atoms with Gasteiger partial charge in [0.25, 0.3) is 0 Å². The fourth-order valence-corrected chi connectivity index (χ4v) is 1.82. The summed E-state index contributed by atoms with van der Waals surface area (Å²) in [7, 11) is 0. The first kappa shape index (κ1) is 15.2. The maximum atomic E-state index is 11.2. The van der Waals surface area contributed by atoms with Gasteiger partial charge in [-0.05, 0) is 38.5 Å². The van der Waals surface area contributed by atoms with Gasteiger partial charge >= 0.3 is 5.97 Å². The molecular weight excluding hydrogens is 264 g/mol. The predicted molar refractivity (Wildman–Crippen MR) is 73.6 cm³/mol. The molecule has 0 aromatic carbocycles. The fraction of sp³-hybridized carbons (Fsp3) is 0.357. The normalized spacial score (nSPS) is 11.3. The molecule has 0 aliphatic heterocycles. The lowest BCUT2D eigenvalue weighted by Crippen LogP contribution is -2.16. The van der Waals surface area contributed by atoms with E-state index in [1.807, 2.05) is 0 Å². The van der Waals surface area contributed by atoms with Crippen LogP contribution in [0.15, 0.2) is 18.3 Å². The van der Waals surface area contributed by atoms with Crippen LogP contribution < -0.4 is 0 Å². The van der Waals surface area contributed by atoms with Crippen LogP contribution >= 0.6 is 11.6 Å². The highest BCUT2D eigenvalue weighted by Crippen LogP contribution is 2.28. The molecule has 4 nitrogen and oxygen atoms in total. The van der Waals surface area contributed by atoms with Gasteiger partial charge in [-0.15, -0.1) is 0 Å². The average Bonchev–Trinajstić information content (AvgIpc) is 2.36. The second-order valence-corrected chi connectivity index (χ2v) is 4.83. The number of esters is 1. The molecule has 0 radical (unpaired) electrons. The lowest BCUT2D eigenvalue weighted by Gasteiger charge is -2.16. The van der Waals surface area contributed by atoms with E-state index in [0.29, 0.717) is 22.9 Å². The Morgan fingerprint density at radius 2 is 2.32 bits per heavy atom. The minimum absolute atomic E-state index is 0.331. The van der Waals surface area contributed by atoms with Crippen LogP contribution in [0.2, 0.25) is 5.02 Å². The van der Waals surface area contributed by atoms with Gasteiger partial charge in [0.15, 0.2) is 0 Å². The minimum atomic E-state index is -0.750. The van der Waals surface area contributed by atoms with Crippen molar-refractivity contribution in [3.05, 3.63) is 34.6 Å². The van der Waals surface area contributed by atoms with E-state index in [4.69, 9.17) is 21.6 Å². The van der Waals surface area contributed by atoms with Crippen molar-refractivity contribution >= 4 is 23.6 Å². The second-order valence-electron chi connectivity index (χ2n) is 4.42. The summed E-state index contributed by atoms with van der Waals surface area (Å²) in [4.78, 5) is 15.4. The van der Waals surface area contributed by atoms with Gasteiger partial charge < -0.3 is 4.74 Å². The van der Waals surface area contributed by atoms with Crippen LogP contribution in [0.5, 0.6) is 0 Å². The Hall–Kier alpha value is -1.86.